The van der Waals surface area contributed by atoms with Crippen LogP contribution in [0.15, 0.2) is 54.7 Å². The van der Waals surface area contributed by atoms with Gasteiger partial charge in [0.15, 0.2) is 18.3 Å². The molecule has 1 aromatic heterocycles. The lowest BCUT2D eigenvalue weighted by atomic mass is 9.98. The number of benzene rings is 2. The summed E-state index contributed by atoms with van der Waals surface area (Å²) in [7, 11) is 0. The highest BCUT2D eigenvalue weighted by molar-refractivity contribution is 5.82. The molecular formula is C44H55N5O15. The van der Waals surface area contributed by atoms with Crippen molar-refractivity contribution >= 4 is 41.8 Å². The lowest BCUT2D eigenvalue weighted by molar-refractivity contribution is -0.305. The average molecular weight is 894 g/mol. The maximum atomic E-state index is 13.5. The molecule has 1 aliphatic carbocycles. The minimum atomic E-state index is -1.47. The van der Waals surface area contributed by atoms with Gasteiger partial charge in [-0.25, -0.2) is 9.48 Å². The Kier molecular flexibility index (Phi) is 16.9. The van der Waals surface area contributed by atoms with Crippen LogP contribution in [0.3, 0.4) is 0 Å². The van der Waals surface area contributed by atoms with Crippen LogP contribution in [-0.4, -0.2) is 138 Å². The fourth-order valence-corrected chi connectivity index (χ4v) is 7.31. The van der Waals surface area contributed by atoms with Crippen molar-refractivity contribution in [2.75, 3.05) is 39.5 Å². The quantitative estimate of drug-likeness (QED) is 0.134. The maximum absolute atomic E-state index is 13.5. The van der Waals surface area contributed by atoms with Gasteiger partial charge >= 0.3 is 35.9 Å². The van der Waals surface area contributed by atoms with Gasteiger partial charge in [0.05, 0.1) is 18.8 Å². The molecule has 1 aliphatic heterocycles. The van der Waals surface area contributed by atoms with E-state index in [1.54, 1.807) is 27.0 Å². The molecule has 0 saturated carbocycles. The van der Waals surface area contributed by atoms with E-state index in [2.05, 4.69) is 15.6 Å². The molecule has 1 saturated heterocycles. The molecule has 5 atom stereocenters. The normalized spacial score (nSPS) is 19.0. The Bertz CT molecular complexity index is 2110. The summed E-state index contributed by atoms with van der Waals surface area (Å²) in [4.78, 5) is 88.4. The summed E-state index contributed by atoms with van der Waals surface area (Å²) >= 11 is 0. The van der Waals surface area contributed by atoms with Crippen molar-refractivity contribution in [3.63, 3.8) is 0 Å². The summed E-state index contributed by atoms with van der Waals surface area (Å²) in [6, 6.07) is 16.0. The topological polar surface area (TPSA) is 239 Å². The highest BCUT2D eigenvalue weighted by Gasteiger charge is 2.52. The van der Waals surface area contributed by atoms with E-state index in [4.69, 9.17) is 37.9 Å². The van der Waals surface area contributed by atoms with Crippen molar-refractivity contribution in [2.24, 2.45) is 0 Å². The fourth-order valence-electron chi connectivity index (χ4n) is 7.31. The summed E-state index contributed by atoms with van der Waals surface area (Å²) in [5.74, 6) is -4.10. The standard InChI is InChI=1S/C44H55N5O15/c1-26(50)58-25-36-39(60-27(2)51)40(61-28(3)52)41(42(63-36)62-29(4)53)57-21-20-49-22-30(46-47-49)16-17-37(54)48(23-38(55)64-44(5,6)7)19-18-45-43(56)59-24-35-33-14-10-8-12-31(33)32-13-9-11-15-34(32)35/h8-15,22,35-36,39-42H,16-21,23-25H2,1-7H3,(H,45,56)/t36-,39-,40+,41-,42-/m1/s1. The number of aromatic nitrogens is 3. The number of hydrogen-bond acceptors (Lipinski definition) is 17. The van der Waals surface area contributed by atoms with Gasteiger partial charge in [-0.2, -0.15) is 0 Å². The number of ether oxygens (including phenoxy) is 8. The van der Waals surface area contributed by atoms with Gasteiger partial charge in [0.2, 0.25) is 12.2 Å². The first-order chi connectivity index (χ1) is 30.4. The molecule has 0 radical (unpaired) electrons. The number of hydrogen-bond donors (Lipinski definition) is 1. The zero-order valence-corrected chi connectivity index (χ0v) is 36.9. The number of rotatable bonds is 19. The Labute approximate surface area is 370 Å². The Hall–Kier alpha value is -6.41. The van der Waals surface area contributed by atoms with E-state index < -0.39 is 84.8 Å². The van der Waals surface area contributed by atoms with Crippen LogP contribution in [0.2, 0.25) is 0 Å². The number of nitrogens with one attached hydrogen (secondary N) is 1. The molecule has 0 bridgehead atoms. The van der Waals surface area contributed by atoms with Crippen LogP contribution in [0.4, 0.5) is 4.79 Å². The first-order valence-electron chi connectivity index (χ1n) is 20.8. The van der Waals surface area contributed by atoms with Gasteiger partial charge in [-0.15, -0.1) is 5.10 Å². The highest BCUT2D eigenvalue weighted by Crippen LogP contribution is 2.44. The Morgan fingerprint density at radius 2 is 1.41 bits per heavy atom. The van der Waals surface area contributed by atoms with Gasteiger partial charge in [-0.1, -0.05) is 53.7 Å². The molecule has 20 heteroatoms. The third-order valence-electron chi connectivity index (χ3n) is 9.83. The van der Waals surface area contributed by atoms with Crippen LogP contribution in [0.5, 0.6) is 0 Å². The molecule has 3 aromatic rings. The molecule has 20 nitrogen and oxygen atoms in total. The molecule has 2 aromatic carbocycles. The van der Waals surface area contributed by atoms with E-state index in [-0.39, 0.29) is 58.2 Å². The molecule has 1 N–H and O–H groups in total. The third-order valence-corrected chi connectivity index (χ3v) is 9.83. The lowest BCUT2D eigenvalue weighted by Gasteiger charge is -2.44. The van der Waals surface area contributed by atoms with Crippen molar-refractivity contribution in [1.82, 2.24) is 25.2 Å². The molecule has 0 unspecified atom stereocenters. The van der Waals surface area contributed by atoms with E-state index in [9.17, 15) is 33.6 Å². The van der Waals surface area contributed by atoms with E-state index in [1.165, 1.54) is 9.58 Å². The van der Waals surface area contributed by atoms with Crippen LogP contribution in [0.25, 0.3) is 11.1 Å². The van der Waals surface area contributed by atoms with Crippen LogP contribution >= 0.6 is 0 Å². The number of carbonyl (C=O) groups is 7. The molecule has 1 fully saturated rings. The summed E-state index contributed by atoms with van der Waals surface area (Å²) in [6.45, 7) is 8.95. The lowest BCUT2D eigenvalue weighted by Crippen LogP contribution is -2.63. The van der Waals surface area contributed by atoms with Gasteiger partial charge < -0.3 is 48.1 Å². The predicted octanol–water partition coefficient (Wildman–Crippen LogP) is 3.02. The van der Waals surface area contributed by atoms with Crippen molar-refractivity contribution in [3.05, 3.63) is 71.5 Å². The zero-order valence-electron chi connectivity index (χ0n) is 36.9. The van der Waals surface area contributed by atoms with Crippen molar-refractivity contribution in [2.45, 2.75) is 110 Å². The minimum Gasteiger partial charge on any atom is -0.463 e. The number of amides is 2. The largest absolute Gasteiger partial charge is 0.463 e. The fraction of sp³-hybridized carbons (Fsp3) is 0.523. The van der Waals surface area contributed by atoms with Gasteiger partial charge in [-0.05, 0) is 43.0 Å². The van der Waals surface area contributed by atoms with Crippen LogP contribution in [0.1, 0.15) is 77.6 Å². The van der Waals surface area contributed by atoms with Gasteiger partial charge in [-0.3, -0.25) is 28.8 Å². The number of fused-ring (bicyclic) bond motifs is 3. The van der Waals surface area contributed by atoms with Crippen molar-refractivity contribution < 1.29 is 71.5 Å². The first kappa shape index (κ1) is 48.6. The smallest absolute Gasteiger partial charge is 0.407 e. The zero-order chi connectivity index (χ0) is 46.6. The van der Waals surface area contributed by atoms with Gasteiger partial charge in [0.1, 0.15) is 31.5 Å². The van der Waals surface area contributed by atoms with Crippen LogP contribution < -0.4 is 5.32 Å². The van der Waals surface area contributed by atoms with Crippen molar-refractivity contribution in [3.8, 4) is 11.1 Å². The number of aryl methyl sites for hydroxylation is 1. The Balaban J connectivity index is 1.16. The minimum absolute atomic E-state index is 0.00146. The summed E-state index contributed by atoms with van der Waals surface area (Å²) in [6.07, 6.45) is -5.65. The van der Waals surface area contributed by atoms with Crippen LogP contribution in [-0.2, 0) is 79.6 Å². The predicted molar refractivity (Wildman–Crippen MR) is 222 cm³/mol. The monoisotopic (exact) mass is 893 g/mol. The van der Waals surface area contributed by atoms with E-state index in [1.807, 2.05) is 48.5 Å². The Morgan fingerprint density at radius 3 is 2.02 bits per heavy atom. The van der Waals surface area contributed by atoms with E-state index >= 15 is 0 Å². The summed E-state index contributed by atoms with van der Waals surface area (Å²) < 4.78 is 45.7. The van der Waals surface area contributed by atoms with E-state index in [0.717, 1.165) is 49.9 Å². The molecule has 346 valence electrons. The van der Waals surface area contributed by atoms with Crippen molar-refractivity contribution in [1.29, 1.82) is 0 Å². The molecule has 5 rings (SSSR count). The molecule has 2 heterocycles. The maximum Gasteiger partial charge on any atom is 0.407 e. The second kappa shape index (κ2) is 22.3. The second-order valence-electron chi connectivity index (χ2n) is 16.1. The number of esters is 5. The number of nitrogens with zero attached hydrogens (tertiary/aromatic N) is 4. The molecule has 2 aliphatic rings. The third kappa shape index (κ3) is 14.0. The molecule has 64 heavy (non-hydrogen) atoms. The Morgan fingerprint density at radius 1 is 0.781 bits per heavy atom. The average Bonchev–Trinajstić information content (AvgIpc) is 3.80. The highest BCUT2D eigenvalue weighted by atomic mass is 16.7. The molecular weight excluding hydrogens is 839 g/mol. The second-order valence-corrected chi connectivity index (χ2v) is 16.1. The molecule has 2 amide bonds. The SMILES string of the molecule is CC(=O)OC[C@H]1O[C@@H](OC(C)=O)[C@H](OCCn2cc(CCC(=O)N(CCNC(=O)OCC3c4ccccc4-c4ccccc43)CC(=O)OC(C)(C)C)nn2)[C@@H](OC(C)=O)[C@@H]1OC(C)=O. The summed E-state index contributed by atoms with van der Waals surface area (Å²) in [5, 5.41) is 10.9. The van der Waals surface area contributed by atoms with E-state index in [0.29, 0.717) is 5.69 Å². The first-order valence-corrected chi connectivity index (χ1v) is 20.8. The number of alkyl carbamates (subject to hydrolysis) is 1. The molecule has 0 spiro atoms. The van der Waals surface area contributed by atoms with Gasteiger partial charge in [0, 0.05) is 65.7 Å². The summed E-state index contributed by atoms with van der Waals surface area (Å²) in [5.41, 5.74) is 3.98. The van der Waals surface area contributed by atoms with Crippen LogP contribution in [0, 0.1) is 0 Å². The number of carbonyl (C=O) groups excluding carboxylic acids is 7. The van der Waals surface area contributed by atoms with Gasteiger partial charge in [0.25, 0.3) is 0 Å².